The van der Waals surface area contributed by atoms with Gasteiger partial charge in [-0.05, 0) is 44.2 Å². The first-order chi connectivity index (χ1) is 14.0. The molecule has 2 aromatic rings. The molecule has 0 amide bonds. The number of aryl methyl sites for hydroxylation is 1. The Labute approximate surface area is 174 Å². The molecule has 0 saturated heterocycles. The first kappa shape index (κ1) is 23.3. The van der Waals surface area contributed by atoms with Crippen LogP contribution in [0.5, 0.6) is 0 Å². The number of benzene rings is 1. The monoisotopic (exact) mass is 437 g/mol. The molecule has 0 bridgehead atoms. The molecule has 0 saturated carbocycles. The Bertz CT molecular complexity index is 1170. The molecule has 0 N–H and O–H groups in total. The summed E-state index contributed by atoms with van der Waals surface area (Å²) in [6.45, 7) is 7.65. The number of halogens is 3. The van der Waals surface area contributed by atoms with Crippen LogP contribution < -0.4 is 0 Å². The van der Waals surface area contributed by atoms with Gasteiger partial charge in [0.05, 0.1) is 34.3 Å². The molecule has 0 atom stereocenters. The number of rotatable bonds is 7. The van der Waals surface area contributed by atoms with E-state index in [-0.39, 0.29) is 12.1 Å². The van der Waals surface area contributed by atoms with Crippen LogP contribution in [0.1, 0.15) is 30.7 Å². The first-order valence-corrected chi connectivity index (χ1v) is 11.0. The second-order valence-corrected chi connectivity index (χ2v) is 8.34. The fourth-order valence-electron chi connectivity index (χ4n) is 3.28. The lowest BCUT2D eigenvalue weighted by Crippen LogP contribution is -2.28. The maximum Gasteiger partial charge on any atom is 0.416 e. The van der Waals surface area contributed by atoms with E-state index < -0.39 is 21.8 Å². The van der Waals surface area contributed by atoms with Crippen LogP contribution in [-0.2, 0) is 22.7 Å². The number of hydrogen-bond acceptors (Lipinski definition) is 3. The van der Waals surface area contributed by atoms with E-state index in [9.17, 15) is 26.9 Å². The Hall–Kier alpha value is -2.99. The van der Waals surface area contributed by atoms with Crippen molar-refractivity contribution in [2.75, 3.05) is 12.8 Å². The Balaban J connectivity index is 2.64. The van der Waals surface area contributed by atoms with Crippen molar-refractivity contribution in [2.24, 2.45) is 0 Å². The van der Waals surface area contributed by atoms with Crippen LogP contribution >= 0.6 is 0 Å². The molecule has 1 heterocycles. The van der Waals surface area contributed by atoms with Crippen molar-refractivity contribution in [1.29, 1.82) is 5.26 Å². The highest BCUT2D eigenvalue weighted by atomic mass is 32.2. The fraction of sp³-hybridized carbons (Fsp3) is 0.286. The predicted molar refractivity (Wildman–Crippen MR) is 112 cm³/mol. The Morgan fingerprint density at radius 2 is 2.00 bits per heavy atom. The van der Waals surface area contributed by atoms with Crippen LogP contribution in [0.2, 0.25) is 0 Å². The van der Waals surface area contributed by atoms with Crippen LogP contribution in [0.25, 0.3) is 17.0 Å². The van der Waals surface area contributed by atoms with Crippen LogP contribution in [0.3, 0.4) is 0 Å². The largest absolute Gasteiger partial charge is 0.416 e. The molecular formula is C21H22F3N3O2S. The third-order valence-electron chi connectivity index (χ3n) is 4.57. The van der Waals surface area contributed by atoms with Gasteiger partial charge in [0, 0.05) is 18.5 Å². The van der Waals surface area contributed by atoms with Gasteiger partial charge in [0.25, 0.3) is 0 Å². The molecular weight excluding hydrogens is 415 g/mol. The molecule has 0 fully saturated rings. The first-order valence-electron chi connectivity index (χ1n) is 9.11. The van der Waals surface area contributed by atoms with Crippen molar-refractivity contribution < 1.29 is 21.6 Å². The van der Waals surface area contributed by atoms with Crippen LogP contribution in [0.15, 0.2) is 48.7 Å². The zero-order valence-electron chi connectivity index (χ0n) is 16.9. The van der Waals surface area contributed by atoms with Gasteiger partial charge in [0.2, 0.25) is 10.0 Å². The van der Waals surface area contributed by atoms with Crippen molar-refractivity contribution in [3.63, 3.8) is 0 Å². The van der Waals surface area contributed by atoms with E-state index in [0.29, 0.717) is 28.8 Å². The van der Waals surface area contributed by atoms with Crippen LogP contribution in [-0.4, -0.2) is 30.1 Å². The average Bonchev–Trinajstić information content (AvgIpc) is 2.97. The maximum absolute atomic E-state index is 13.1. The molecule has 1 aromatic heterocycles. The summed E-state index contributed by atoms with van der Waals surface area (Å²) in [6, 6.07) is 5.35. The van der Waals surface area contributed by atoms with E-state index in [0.717, 1.165) is 18.4 Å². The molecule has 9 heteroatoms. The number of fused-ring (bicyclic) bond motifs is 1. The zero-order chi connectivity index (χ0) is 22.7. The van der Waals surface area contributed by atoms with E-state index in [4.69, 9.17) is 0 Å². The van der Waals surface area contributed by atoms with Gasteiger partial charge in [-0.15, -0.1) is 0 Å². The summed E-state index contributed by atoms with van der Waals surface area (Å²) < 4.78 is 65.9. The number of allylic oxidation sites excluding steroid dienone is 3. The fourth-order valence-corrected chi connectivity index (χ4v) is 4.26. The number of alkyl halides is 3. The molecule has 0 radical (unpaired) electrons. The number of aromatic nitrogens is 1. The molecule has 5 nitrogen and oxygen atoms in total. The predicted octanol–water partition coefficient (Wildman–Crippen LogP) is 4.92. The lowest BCUT2D eigenvalue weighted by molar-refractivity contribution is -0.137. The van der Waals surface area contributed by atoms with E-state index in [1.165, 1.54) is 22.5 Å². The van der Waals surface area contributed by atoms with E-state index in [2.05, 4.69) is 12.6 Å². The van der Waals surface area contributed by atoms with Crippen molar-refractivity contribution in [3.8, 4) is 6.07 Å². The van der Waals surface area contributed by atoms with Gasteiger partial charge < -0.3 is 4.57 Å². The highest BCUT2D eigenvalue weighted by Gasteiger charge is 2.31. The highest BCUT2D eigenvalue weighted by molar-refractivity contribution is 7.88. The summed E-state index contributed by atoms with van der Waals surface area (Å²) in [4.78, 5) is 0. The molecule has 0 spiro atoms. The zero-order valence-corrected chi connectivity index (χ0v) is 17.7. The Kier molecular flexibility index (Phi) is 6.83. The molecule has 160 valence electrons. The van der Waals surface area contributed by atoms with Gasteiger partial charge in [-0.3, -0.25) is 4.31 Å². The normalized spacial score (nSPS) is 13.0. The summed E-state index contributed by atoms with van der Waals surface area (Å²) in [7, 11) is -3.49. The minimum Gasteiger partial charge on any atom is -0.340 e. The van der Waals surface area contributed by atoms with Gasteiger partial charge >= 0.3 is 6.18 Å². The third-order valence-corrected chi connectivity index (χ3v) is 5.84. The Morgan fingerprint density at radius 1 is 1.33 bits per heavy atom. The number of sulfonamides is 1. The van der Waals surface area contributed by atoms with Gasteiger partial charge in [-0.1, -0.05) is 18.7 Å². The van der Waals surface area contributed by atoms with E-state index in [1.807, 2.05) is 0 Å². The minimum absolute atomic E-state index is 0.212. The smallest absolute Gasteiger partial charge is 0.340 e. The van der Waals surface area contributed by atoms with Crippen molar-refractivity contribution in [2.45, 2.75) is 26.6 Å². The number of nitriles is 1. The van der Waals surface area contributed by atoms with E-state index >= 15 is 0 Å². The molecule has 0 aliphatic carbocycles. The summed E-state index contributed by atoms with van der Waals surface area (Å²) in [5.41, 5.74) is 0.552. The quantitative estimate of drug-likeness (QED) is 0.578. The summed E-state index contributed by atoms with van der Waals surface area (Å²) in [5.74, 6) is 0. The number of likely N-dealkylation sites (N-methyl/N-ethyl adjacent to an activating group) is 1. The molecule has 0 aliphatic rings. The lowest BCUT2D eigenvalue weighted by atomic mass is 10.1. The average molecular weight is 437 g/mol. The molecule has 2 rings (SSSR count). The Morgan fingerprint density at radius 3 is 2.47 bits per heavy atom. The lowest BCUT2D eigenvalue weighted by Gasteiger charge is -2.20. The van der Waals surface area contributed by atoms with Crippen molar-refractivity contribution in [1.82, 2.24) is 8.87 Å². The molecule has 1 aromatic carbocycles. The van der Waals surface area contributed by atoms with Gasteiger partial charge in [0.1, 0.15) is 6.07 Å². The standard InChI is InChI=1S/C21H22F3N3O2S/c1-5-16(27(7-3)30(4,28)29)9-8-10-19-18(14-25)17-12-11-15(21(22,23)24)13-20(17)26(19)6-2/h5,8-13H,1,6-7H2,2-4H3. The molecule has 0 aliphatic heterocycles. The second-order valence-electron chi connectivity index (χ2n) is 6.43. The van der Waals surface area contributed by atoms with E-state index in [1.54, 1.807) is 30.6 Å². The number of hydrogen-bond donors (Lipinski definition) is 0. The summed E-state index contributed by atoms with van der Waals surface area (Å²) in [6.07, 6.45) is 2.64. The van der Waals surface area contributed by atoms with Crippen LogP contribution in [0.4, 0.5) is 13.2 Å². The summed E-state index contributed by atoms with van der Waals surface area (Å²) >= 11 is 0. The SMILES string of the molecule is C=CC(=CC=Cc1c(C#N)c2ccc(C(F)(F)F)cc2n1CC)N(CC)S(C)(=O)=O. The minimum atomic E-state index is -4.49. The second kappa shape index (κ2) is 8.79. The number of nitrogens with zero attached hydrogens (tertiary/aromatic N) is 3. The molecule has 30 heavy (non-hydrogen) atoms. The summed E-state index contributed by atoms with van der Waals surface area (Å²) in [5, 5.41) is 10.0. The van der Waals surface area contributed by atoms with Crippen molar-refractivity contribution in [3.05, 3.63) is 65.5 Å². The van der Waals surface area contributed by atoms with Gasteiger partial charge in [-0.25, -0.2) is 8.42 Å². The topological polar surface area (TPSA) is 66.1 Å². The van der Waals surface area contributed by atoms with Crippen LogP contribution in [0, 0.1) is 11.3 Å². The van der Waals surface area contributed by atoms with Crippen molar-refractivity contribution >= 4 is 27.0 Å². The third kappa shape index (κ3) is 4.60. The molecule has 0 unspecified atom stereocenters. The maximum atomic E-state index is 13.1. The van der Waals surface area contributed by atoms with Gasteiger partial charge in [-0.2, -0.15) is 18.4 Å². The highest BCUT2D eigenvalue weighted by Crippen LogP contribution is 2.34. The van der Waals surface area contributed by atoms with Gasteiger partial charge in [0.15, 0.2) is 0 Å².